The zero-order chi connectivity index (χ0) is 18.9. The van der Waals surface area contributed by atoms with Gasteiger partial charge in [0, 0.05) is 30.3 Å². The van der Waals surface area contributed by atoms with Crippen LogP contribution in [0, 0.1) is 0 Å². The zero-order valence-corrected chi connectivity index (χ0v) is 16.2. The van der Waals surface area contributed by atoms with Gasteiger partial charge in [0.1, 0.15) is 11.5 Å². The van der Waals surface area contributed by atoms with Crippen LogP contribution in [0.5, 0.6) is 11.5 Å². The van der Waals surface area contributed by atoms with Crippen molar-refractivity contribution in [2.45, 2.75) is 13.3 Å². The summed E-state index contributed by atoms with van der Waals surface area (Å²) >= 11 is 5.98. The number of carbonyl (C=O) groups excluding carboxylic acids is 1. The van der Waals surface area contributed by atoms with Crippen LogP contribution in [0.3, 0.4) is 0 Å². The summed E-state index contributed by atoms with van der Waals surface area (Å²) in [5.74, 6) is 1.17. The van der Waals surface area contributed by atoms with Crippen LogP contribution in [-0.2, 0) is 0 Å². The molecule has 0 unspecified atom stereocenters. The standard InChI is InChI=1S/C20H25ClN2O3/c1-4-23(16-7-9-17(25-2)10-8-16)13-5-12-22-20(24)18-14-15(21)6-11-19(18)26-3/h6-11,14H,4-5,12-13H2,1-3H3,(H,22,24). The van der Waals surface area contributed by atoms with E-state index in [1.807, 2.05) is 24.3 Å². The SMILES string of the molecule is CCN(CCCNC(=O)c1cc(Cl)ccc1OC)c1ccc(OC)cc1. The van der Waals surface area contributed by atoms with Crippen molar-refractivity contribution < 1.29 is 14.3 Å². The lowest BCUT2D eigenvalue weighted by atomic mass is 10.2. The number of ether oxygens (including phenoxy) is 2. The molecule has 0 aliphatic rings. The molecule has 0 heterocycles. The molecule has 0 fully saturated rings. The Bertz CT molecular complexity index is 719. The van der Waals surface area contributed by atoms with Crippen molar-refractivity contribution in [3.05, 3.63) is 53.1 Å². The summed E-state index contributed by atoms with van der Waals surface area (Å²) < 4.78 is 10.4. The third-order valence-corrected chi connectivity index (χ3v) is 4.35. The number of nitrogens with zero attached hydrogens (tertiary/aromatic N) is 1. The quantitative estimate of drug-likeness (QED) is 0.672. The molecule has 2 rings (SSSR count). The molecule has 6 heteroatoms. The van der Waals surface area contributed by atoms with Crippen molar-refractivity contribution >= 4 is 23.2 Å². The van der Waals surface area contributed by atoms with E-state index in [1.54, 1.807) is 25.3 Å². The lowest BCUT2D eigenvalue weighted by molar-refractivity contribution is 0.0950. The third kappa shape index (κ3) is 5.30. The Morgan fingerprint density at radius 2 is 1.85 bits per heavy atom. The van der Waals surface area contributed by atoms with Gasteiger partial charge in [-0.3, -0.25) is 4.79 Å². The first-order valence-corrected chi connectivity index (χ1v) is 8.97. The Labute approximate surface area is 159 Å². The van der Waals surface area contributed by atoms with Crippen molar-refractivity contribution in [3.63, 3.8) is 0 Å². The number of rotatable bonds is 9. The van der Waals surface area contributed by atoms with Crippen molar-refractivity contribution in [3.8, 4) is 11.5 Å². The fourth-order valence-electron chi connectivity index (χ4n) is 2.69. The monoisotopic (exact) mass is 376 g/mol. The van der Waals surface area contributed by atoms with Crippen LogP contribution >= 0.6 is 11.6 Å². The molecule has 2 aromatic rings. The average Bonchev–Trinajstić information content (AvgIpc) is 2.68. The van der Waals surface area contributed by atoms with Gasteiger partial charge in [0.15, 0.2) is 0 Å². The summed E-state index contributed by atoms with van der Waals surface area (Å²) in [6.07, 6.45) is 0.828. The fourth-order valence-corrected chi connectivity index (χ4v) is 2.86. The van der Waals surface area contributed by atoms with Gasteiger partial charge in [-0.25, -0.2) is 0 Å². The summed E-state index contributed by atoms with van der Waals surface area (Å²) in [6.45, 7) is 4.42. The minimum absolute atomic E-state index is 0.183. The number of hydrogen-bond donors (Lipinski definition) is 1. The van der Waals surface area contributed by atoms with Gasteiger partial charge in [-0.2, -0.15) is 0 Å². The lowest BCUT2D eigenvalue weighted by Gasteiger charge is -2.23. The second-order valence-electron chi connectivity index (χ2n) is 5.73. The second kappa shape index (κ2) is 9.92. The Morgan fingerprint density at radius 1 is 1.12 bits per heavy atom. The van der Waals surface area contributed by atoms with Gasteiger partial charge in [-0.1, -0.05) is 11.6 Å². The second-order valence-corrected chi connectivity index (χ2v) is 6.17. The van der Waals surface area contributed by atoms with E-state index in [0.29, 0.717) is 22.9 Å². The molecule has 2 aromatic carbocycles. The maximum absolute atomic E-state index is 12.4. The third-order valence-electron chi connectivity index (χ3n) is 4.12. The summed E-state index contributed by atoms with van der Waals surface area (Å²) in [7, 11) is 3.19. The molecule has 0 saturated heterocycles. The Balaban J connectivity index is 1.86. The van der Waals surface area contributed by atoms with E-state index < -0.39 is 0 Å². The predicted molar refractivity (Wildman–Crippen MR) is 106 cm³/mol. The molecule has 0 spiro atoms. The molecule has 0 bridgehead atoms. The first-order valence-electron chi connectivity index (χ1n) is 8.59. The Morgan fingerprint density at radius 3 is 2.46 bits per heavy atom. The first-order chi connectivity index (χ1) is 12.6. The number of amides is 1. The van der Waals surface area contributed by atoms with E-state index in [-0.39, 0.29) is 5.91 Å². The first kappa shape index (κ1) is 19.9. The lowest BCUT2D eigenvalue weighted by Crippen LogP contribution is -2.30. The van der Waals surface area contributed by atoms with Gasteiger partial charge >= 0.3 is 0 Å². The number of benzene rings is 2. The van der Waals surface area contributed by atoms with Crippen LogP contribution in [0.15, 0.2) is 42.5 Å². The number of anilines is 1. The van der Waals surface area contributed by atoms with Crippen molar-refractivity contribution in [1.29, 1.82) is 0 Å². The molecule has 0 aliphatic carbocycles. The van der Waals surface area contributed by atoms with Gasteiger partial charge in [-0.05, 0) is 55.8 Å². The van der Waals surface area contributed by atoms with E-state index in [1.165, 1.54) is 7.11 Å². The predicted octanol–water partition coefficient (Wildman–Crippen LogP) is 4.00. The van der Waals surface area contributed by atoms with Gasteiger partial charge in [0.05, 0.1) is 19.8 Å². The highest BCUT2D eigenvalue weighted by Gasteiger charge is 2.12. The van der Waals surface area contributed by atoms with Crippen LogP contribution in [0.1, 0.15) is 23.7 Å². The van der Waals surface area contributed by atoms with Gasteiger partial charge in [0.2, 0.25) is 0 Å². The normalized spacial score (nSPS) is 10.3. The van der Waals surface area contributed by atoms with Gasteiger partial charge in [-0.15, -0.1) is 0 Å². The summed E-state index contributed by atoms with van der Waals surface area (Å²) in [6, 6.07) is 13.0. The van der Waals surface area contributed by atoms with Crippen molar-refractivity contribution in [1.82, 2.24) is 5.32 Å². The molecule has 0 atom stereocenters. The van der Waals surface area contributed by atoms with Crippen LogP contribution in [0.2, 0.25) is 5.02 Å². The highest BCUT2D eigenvalue weighted by molar-refractivity contribution is 6.31. The largest absolute Gasteiger partial charge is 0.497 e. The highest BCUT2D eigenvalue weighted by atomic mass is 35.5. The topological polar surface area (TPSA) is 50.8 Å². The number of carbonyl (C=O) groups is 1. The Hall–Kier alpha value is -2.40. The summed E-state index contributed by atoms with van der Waals surface area (Å²) in [4.78, 5) is 14.6. The fraction of sp³-hybridized carbons (Fsp3) is 0.350. The molecular formula is C20H25ClN2O3. The van der Waals surface area contributed by atoms with Crippen molar-refractivity contribution in [2.75, 3.05) is 38.8 Å². The molecule has 26 heavy (non-hydrogen) atoms. The maximum Gasteiger partial charge on any atom is 0.255 e. The molecule has 1 amide bonds. The minimum Gasteiger partial charge on any atom is -0.497 e. The summed E-state index contributed by atoms with van der Waals surface area (Å²) in [5.41, 5.74) is 1.58. The zero-order valence-electron chi connectivity index (χ0n) is 15.4. The molecule has 140 valence electrons. The van der Waals surface area contributed by atoms with Gasteiger partial charge in [0.25, 0.3) is 5.91 Å². The Kier molecular flexibility index (Phi) is 7.60. The number of halogens is 1. The van der Waals surface area contributed by atoms with Gasteiger partial charge < -0.3 is 19.7 Å². The minimum atomic E-state index is -0.183. The molecular weight excluding hydrogens is 352 g/mol. The van der Waals surface area contributed by atoms with E-state index >= 15 is 0 Å². The molecule has 0 radical (unpaired) electrons. The number of hydrogen-bond acceptors (Lipinski definition) is 4. The van der Waals surface area contributed by atoms with Crippen molar-refractivity contribution in [2.24, 2.45) is 0 Å². The molecule has 1 N–H and O–H groups in total. The van der Waals surface area contributed by atoms with E-state index in [4.69, 9.17) is 21.1 Å². The van der Waals surface area contributed by atoms with E-state index in [9.17, 15) is 4.79 Å². The maximum atomic E-state index is 12.4. The molecule has 0 aromatic heterocycles. The van der Waals surface area contributed by atoms with Crippen LogP contribution in [0.4, 0.5) is 5.69 Å². The van der Waals surface area contributed by atoms with E-state index in [2.05, 4.69) is 17.1 Å². The molecule has 5 nitrogen and oxygen atoms in total. The van der Waals surface area contributed by atoms with E-state index in [0.717, 1.165) is 30.9 Å². The number of methoxy groups -OCH3 is 2. The van der Waals surface area contributed by atoms with Crippen LogP contribution in [-0.4, -0.2) is 39.8 Å². The smallest absolute Gasteiger partial charge is 0.255 e. The number of nitrogens with one attached hydrogen (secondary N) is 1. The average molecular weight is 377 g/mol. The molecule has 0 saturated carbocycles. The van der Waals surface area contributed by atoms with Crippen LogP contribution < -0.4 is 19.7 Å². The van der Waals surface area contributed by atoms with Crippen LogP contribution in [0.25, 0.3) is 0 Å². The highest BCUT2D eigenvalue weighted by Crippen LogP contribution is 2.22. The molecule has 0 aliphatic heterocycles. The summed E-state index contributed by atoms with van der Waals surface area (Å²) in [5, 5.41) is 3.43.